The van der Waals surface area contributed by atoms with E-state index in [1.165, 1.54) is 23.9 Å². The molecule has 0 heterocycles. The van der Waals surface area contributed by atoms with Gasteiger partial charge < -0.3 is 5.11 Å². The van der Waals surface area contributed by atoms with E-state index in [-0.39, 0.29) is 11.9 Å². The Balaban J connectivity index is 2.37. The summed E-state index contributed by atoms with van der Waals surface area (Å²) in [6.45, 7) is 3.55. The Hall–Kier alpha value is -0.800. The zero-order valence-corrected chi connectivity index (χ0v) is 8.64. The summed E-state index contributed by atoms with van der Waals surface area (Å²) < 4.78 is 12.5. The molecule has 0 fully saturated rings. The molecule has 0 bridgehead atoms. The van der Waals surface area contributed by atoms with Gasteiger partial charge in [0.1, 0.15) is 5.82 Å². The van der Waals surface area contributed by atoms with Crippen LogP contribution in [0.2, 0.25) is 0 Å². The number of aliphatic hydroxyl groups excluding tert-OH is 1. The van der Waals surface area contributed by atoms with Crippen LogP contribution in [-0.4, -0.2) is 17.0 Å². The third-order valence-electron chi connectivity index (χ3n) is 1.69. The van der Waals surface area contributed by atoms with Gasteiger partial charge in [0.2, 0.25) is 0 Å². The molecule has 0 aliphatic carbocycles. The van der Waals surface area contributed by atoms with Crippen molar-refractivity contribution < 1.29 is 9.50 Å². The number of rotatable bonds is 5. The summed E-state index contributed by atoms with van der Waals surface area (Å²) in [6.07, 6.45) is 1.91. The number of halogens is 1. The Bertz CT molecular complexity index is 284. The zero-order valence-electron chi connectivity index (χ0n) is 7.82. The first-order chi connectivity index (χ1) is 6.72. The molecular formula is C11H13FOS. The molecule has 0 amide bonds. The fraction of sp³-hybridized carbons (Fsp3) is 0.273. The lowest BCUT2D eigenvalue weighted by Gasteiger charge is -2.06. The third-order valence-corrected chi connectivity index (χ3v) is 2.85. The minimum Gasteiger partial charge on any atom is -0.392 e. The molecule has 0 aliphatic heterocycles. The third kappa shape index (κ3) is 3.94. The van der Waals surface area contributed by atoms with Gasteiger partial charge in [0.15, 0.2) is 0 Å². The molecule has 0 spiro atoms. The van der Waals surface area contributed by atoms with Gasteiger partial charge in [-0.2, -0.15) is 0 Å². The van der Waals surface area contributed by atoms with Gasteiger partial charge in [0.25, 0.3) is 0 Å². The molecule has 14 heavy (non-hydrogen) atoms. The van der Waals surface area contributed by atoms with E-state index < -0.39 is 0 Å². The monoisotopic (exact) mass is 212 g/mol. The number of thioether (sulfide) groups is 1. The summed E-state index contributed by atoms with van der Waals surface area (Å²) in [7, 11) is 0. The largest absolute Gasteiger partial charge is 0.392 e. The standard InChI is InChI=1S/C11H13FOS/c1-2-3-10(13)8-14-11-6-4-9(12)5-7-11/h2,4-7,10,13H,1,3,8H2. The molecule has 1 rings (SSSR count). The van der Waals surface area contributed by atoms with Crippen LogP contribution >= 0.6 is 11.8 Å². The molecule has 76 valence electrons. The van der Waals surface area contributed by atoms with Crippen molar-refractivity contribution >= 4 is 11.8 Å². The van der Waals surface area contributed by atoms with Crippen LogP contribution in [0.4, 0.5) is 4.39 Å². The summed E-state index contributed by atoms with van der Waals surface area (Å²) in [5, 5.41) is 9.40. The minimum atomic E-state index is -0.373. The Morgan fingerprint density at radius 2 is 2.07 bits per heavy atom. The fourth-order valence-electron chi connectivity index (χ4n) is 0.984. The number of benzene rings is 1. The molecule has 3 heteroatoms. The topological polar surface area (TPSA) is 20.2 Å². The molecule has 1 nitrogen and oxygen atoms in total. The molecule has 0 aliphatic rings. The van der Waals surface area contributed by atoms with Crippen molar-refractivity contribution in [1.82, 2.24) is 0 Å². The highest BCUT2D eigenvalue weighted by Crippen LogP contribution is 2.19. The van der Waals surface area contributed by atoms with Gasteiger partial charge in [-0.15, -0.1) is 18.3 Å². The lowest BCUT2D eigenvalue weighted by molar-refractivity contribution is 0.203. The first-order valence-corrected chi connectivity index (χ1v) is 5.38. The van der Waals surface area contributed by atoms with Crippen LogP contribution in [0.15, 0.2) is 41.8 Å². The molecular weight excluding hydrogens is 199 g/mol. The highest BCUT2D eigenvalue weighted by atomic mass is 32.2. The maximum Gasteiger partial charge on any atom is 0.123 e. The van der Waals surface area contributed by atoms with Crippen molar-refractivity contribution in [3.8, 4) is 0 Å². The molecule has 1 unspecified atom stereocenters. The van der Waals surface area contributed by atoms with E-state index in [9.17, 15) is 9.50 Å². The van der Waals surface area contributed by atoms with Gasteiger partial charge in [-0.05, 0) is 30.7 Å². The van der Waals surface area contributed by atoms with E-state index >= 15 is 0 Å². The quantitative estimate of drug-likeness (QED) is 0.598. The normalized spacial score (nSPS) is 12.4. The van der Waals surface area contributed by atoms with Crippen molar-refractivity contribution in [3.63, 3.8) is 0 Å². The van der Waals surface area contributed by atoms with E-state index in [2.05, 4.69) is 6.58 Å². The van der Waals surface area contributed by atoms with E-state index in [0.29, 0.717) is 12.2 Å². The van der Waals surface area contributed by atoms with Gasteiger partial charge in [-0.25, -0.2) is 4.39 Å². The predicted molar refractivity (Wildman–Crippen MR) is 57.9 cm³/mol. The summed E-state index contributed by atoms with van der Waals surface area (Å²) in [5.41, 5.74) is 0. The molecule has 0 saturated heterocycles. The molecule has 1 aromatic rings. The van der Waals surface area contributed by atoms with E-state index in [1.54, 1.807) is 18.2 Å². The van der Waals surface area contributed by atoms with Crippen molar-refractivity contribution in [2.45, 2.75) is 17.4 Å². The van der Waals surface area contributed by atoms with Crippen LogP contribution in [0, 0.1) is 5.82 Å². The van der Waals surface area contributed by atoms with E-state index in [0.717, 1.165) is 4.90 Å². The van der Waals surface area contributed by atoms with E-state index in [4.69, 9.17) is 0 Å². The second-order valence-corrected chi connectivity index (χ2v) is 4.04. The van der Waals surface area contributed by atoms with Crippen LogP contribution in [0.5, 0.6) is 0 Å². The Morgan fingerprint density at radius 3 is 2.64 bits per heavy atom. The number of hydrogen-bond donors (Lipinski definition) is 1. The van der Waals surface area contributed by atoms with Crippen molar-refractivity contribution in [2.75, 3.05) is 5.75 Å². The minimum absolute atomic E-state index is 0.235. The molecule has 0 aromatic heterocycles. The smallest absolute Gasteiger partial charge is 0.123 e. The summed E-state index contributed by atoms with van der Waals surface area (Å²) in [6, 6.07) is 6.26. The van der Waals surface area contributed by atoms with Crippen molar-refractivity contribution in [1.29, 1.82) is 0 Å². The fourth-order valence-corrected chi connectivity index (χ4v) is 1.83. The van der Waals surface area contributed by atoms with Gasteiger partial charge in [0.05, 0.1) is 6.10 Å². The van der Waals surface area contributed by atoms with Crippen LogP contribution < -0.4 is 0 Å². The predicted octanol–water partition coefficient (Wildman–Crippen LogP) is 2.85. The Kier molecular flexibility index (Phi) is 4.70. The first kappa shape index (κ1) is 11.3. The molecule has 1 atom stereocenters. The lowest BCUT2D eigenvalue weighted by Crippen LogP contribution is -2.07. The average molecular weight is 212 g/mol. The number of hydrogen-bond acceptors (Lipinski definition) is 2. The van der Waals surface area contributed by atoms with E-state index in [1.807, 2.05) is 0 Å². The van der Waals surface area contributed by atoms with Crippen LogP contribution in [-0.2, 0) is 0 Å². The van der Waals surface area contributed by atoms with Crippen LogP contribution in [0.25, 0.3) is 0 Å². The van der Waals surface area contributed by atoms with Crippen molar-refractivity contribution in [2.24, 2.45) is 0 Å². The highest BCUT2D eigenvalue weighted by Gasteiger charge is 2.02. The Morgan fingerprint density at radius 1 is 1.43 bits per heavy atom. The van der Waals surface area contributed by atoms with Gasteiger partial charge in [-0.1, -0.05) is 6.08 Å². The van der Waals surface area contributed by atoms with Crippen LogP contribution in [0.3, 0.4) is 0 Å². The number of aliphatic hydroxyl groups is 1. The second-order valence-electron chi connectivity index (χ2n) is 2.94. The van der Waals surface area contributed by atoms with Gasteiger partial charge in [0, 0.05) is 10.6 Å². The summed E-state index contributed by atoms with van der Waals surface area (Å²) in [4.78, 5) is 0.967. The van der Waals surface area contributed by atoms with Gasteiger partial charge >= 0.3 is 0 Å². The lowest BCUT2D eigenvalue weighted by atomic mass is 10.3. The highest BCUT2D eigenvalue weighted by molar-refractivity contribution is 7.99. The van der Waals surface area contributed by atoms with Crippen molar-refractivity contribution in [3.05, 3.63) is 42.7 Å². The molecule has 1 N–H and O–H groups in total. The maximum atomic E-state index is 12.5. The van der Waals surface area contributed by atoms with Gasteiger partial charge in [-0.3, -0.25) is 0 Å². The first-order valence-electron chi connectivity index (χ1n) is 4.39. The summed E-state index contributed by atoms with van der Waals surface area (Å²) in [5.74, 6) is 0.374. The second kappa shape index (κ2) is 5.83. The average Bonchev–Trinajstić information content (AvgIpc) is 2.17. The SMILES string of the molecule is C=CCC(O)CSc1ccc(F)cc1. The maximum absolute atomic E-state index is 12.5. The van der Waals surface area contributed by atoms with Crippen LogP contribution in [0.1, 0.15) is 6.42 Å². The zero-order chi connectivity index (χ0) is 10.4. The molecule has 0 saturated carbocycles. The Labute approximate surface area is 87.6 Å². The summed E-state index contributed by atoms with van der Waals surface area (Å²) >= 11 is 1.51. The molecule has 0 radical (unpaired) electrons. The molecule has 1 aromatic carbocycles.